The van der Waals surface area contributed by atoms with Crippen molar-refractivity contribution in [3.05, 3.63) is 0 Å². The molecule has 3 N–H and O–H groups in total. The van der Waals surface area contributed by atoms with Crippen LogP contribution >= 0.6 is 7.82 Å². The van der Waals surface area contributed by atoms with Gasteiger partial charge in [-0.3, -0.25) is 0 Å². The van der Waals surface area contributed by atoms with E-state index in [1.165, 1.54) is 0 Å². The number of rotatable bonds is 0. The zero-order chi connectivity index (χ0) is 4.50. The van der Waals surface area contributed by atoms with Gasteiger partial charge in [-0.2, -0.15) is 0 Å². The third-order valence-corrected chi connectivity index (χ3v) is 0. The molecule has 0 fully saturated rings. The van der Waals surface area contributed by atoms with E-state index in [1.54, 1.807) is 0 Å². The minimum absolute atomic E-state index is 0. The van der Waals surface area contributed by atoms with E-state index in [0.29, 0.717) is 0 Å². The van der Waals surface area contributed by atoms with Crippen molar-refractivity contribution < 1.29 is 66.4 Å². The van der Waals surface area contributed by atoms with Gasteiger partial charge in [0.25, 0.3) is 0 Å². The van der Waals surface area contributed by atoms with Crippen LogP contribution in [-0.4, -0.2) is 14.7 Å². The molecule has 0 aliphatic carbocycles. The van der Waals surface area contributed by atoms with E-state index >= 15 is 0 Å². The third-order valence-electron chi connectivity index (χ3n) is 0. The average molecular weight is 150 g/mol. The average Bonchev–Trinajstić information content (AvgIpc) is 0.722. The summed E-state index contributed by atoms with van der Waals surface area (Å²) in [4.78, 5) is 21.6. The van der Waals surface area contributed by atoms with Gasteiger partial charge in [-0.15, -0.1) is 0 Å². The van der Waals surface area contributed by atoms with Gasteiger partial charge in [-0.25, -0.2) is 4.57 Å². The van der Waals surface area contributed by atoms with Crippen molar-refractivity contribution >= 4 is 7.82 Å². The zero-order valence-corrected chi connectivity index (χ0v) is 5.85. The maximum atomic E-state index is 8.88. The second-order valence-electron chi connectivity index (χ2n) is 0.513. The molecular weight excluding hydrogens is 147 g/mol. The molecule has 0 amide bonds. The Morgan fingerprint density at radius 1 is 0.889 bits per heavy atom. The zero-order valence-electron chi connectivity index (χ0n) is 4.95. The largest absolute Gasteiger partial charge is 1.00 e. The molecule has 0 aliphatic rings. The van der Waals surface area contributed by atoms with E-state index in [2.05, 4.69) is 0 Å². The van der Waals surface area contributed by atoms with Gasteiger partial charge in [0.1, 0.15) is 0 Å². The quantitative estimate of drug-likeness (QED) is 0.236. The first-order chi connectivity index (χ1) is 2.00. The molecule has 4 nitrogen and oxygen atoms in total. The molecule has 0 aromatic heterocycles. The van der Waals surface area contributed by atoms with Crippen LogP contribution in [0.3, 0.4) is 0 Å². The van der Waals surface area contributed by atoms with Crippen molar-refractivity contribution in [1.82, 2.24) is 0 Å². The van der Waals surface area contributed by atoms with Gasteiger partial charge < -0.3 is 24.1 Å². The normalized spacial score (nSPS) is 6.56. The number of hydrogen-bond donors (Lipinski definition) is 3. The molecule has 0 saturated carbocycles. The first-order valence-corrected chi connectivity index (χ1v) is 2.35. The summed E-state index contributed by atoms with van der Waals surface area (Å²) in [5.41, 5.74) is 0. The molecule has 0 radical (unpaired) electrons. The summed E-state index contributed by atoms with van der Waals surface area (Å²) in [6, 6.07) is 0. The van der Waals surface area contributed by atoms with Crippen LogP contribution < -0.4 is 47.1 Å². The molecule has 0 aliphatic heterocycles. The molecule has 0 rings (SSSR count). The Kier molecular flexibility index (Phi) is 42.3. The standard InChI is InChI=1S/2FH.2Li.H3O4P/c;;;;1-5(2,3)4/h2*1H;;;(H3,1,2,3,4)/q;;2*+1;/p-2. The summed E-state index contributed by atoms with van der Waals surface area (Å²) < 4.78 is 8.88. The van der Waals surface area contributed by atoms with E-state index in [-0.39, 0.29) is 47.1 Å². The van der Waals surface area contributed by atoms with Gasteiger partial charge in [-0.1, -0.05) is 0 Å². The van der Waals surface area contributed by atoms with Crippen molar-refractivity contribution in [2.24, 2.45) is 0 Å². The Bertz CT molecular complexity index is 62.7. The van der Waals surface area contributed by atoms with E-state index in [0.717, 1.165) is 0 Å². The van der Waals surface area contributed by atoms with Crippen LogP contribution in [0.5, 0.6) is 0 Å². The maximum absolute atomic E-state index is 8.88. The first kappa shape index (κ1) is 32.0. The minimum Gasteiger partial charge on any atom is -1.00 e. The van der Waals surface area contributed by atoms with E-state index < -0.39 is 7.82 Å². The molecule has 0 aromatic rings. The summed E-state index contributed by atoms with van der Waals surface area (Å²) in [7, 11) is -4.64. The van der Waals surface area contributed by atoms with Crippen LogP contribution in [0.4, 0.5) is 0 Å². The molecule has 0 unspecified atom stereocenters. The summed E-state index contributed by atoms with van der Waals surface area (Å²) in [6.45, 7) is 0. The predicted octanol–water partition coefficient (Wildman–Crippen LogP) is -12.9. The summed E-state index contributed by atoms with van der Waals surface area (Å²) in [6.07, 6.45) is 0. The van der Waals surface area contributed by atoms with Gasteiger partial charge in [0.05, 0.1) is 0 Å². The fourth-order valence-electron chi connectivity index (χ4n) is 0. The van der Waals surface area contributed by atoms with Gasteiger partial charge in [-0.05, 0) is 0 Å². The topological polar surface area (TPSA) is 77.8 Å². The summed E-state index contributed by atoms with van der Waals surface area (Å²) in [5.74, 6) is 0. The fourth-order valence-corrected chi connectivity index (χ4v) is 0. The minimum atomic E-state index is -4.64. The van der Waals surface area contributed by atoms with Crippen molar-refractivity contribution in [3.63, 3.8) is 0 Å². The Morgan fingerprint density at radius 2 is 0.889 bits per heavy atom. The third kappa shape index (κ3) is 347. The smallest absolute Gasteiger partial charge is 1.00 e. The molecule has 0 saturated heterocycles. The molecule has 0 bridgehead atoms. The molecule has 0 heterocycles. The molecule has 9 heavy (non-hydrogen) atoms. The van der Waals surface area contributed by atoms with Crippen LogP contribution in [0.25, 0.3) is 0 Å². The number of hydrogen-bond acceptors (Lipinski definition) is 1. The molecule has 0 aromatic carbocycles. The fraction of sp³-hybridized carbons (Fsp3) is 0. The molecular formula is H3F2Li2O4P. The molecule has 0 spiro atoms. The van der Waals surface area contributed by atoms with E-state index in [9.17, 15) is 0 Å². The number of phosphoric acid groups is 1. The van der Waals surface area contributed by atoms with Crippen LogP contribution in [0.2, 0.25) is 0 Å². The van der Waals surface area contributed by atoms with Crippen LogP contribution in [0.15, 0.2) is 0 Å². The van der Waals surface area contributed by atoms with Gasteiger partial charge in [0.2, 0.25) is 0 Å². The van der Waals surface area contributed by atoms with Crippen LogP contribution in [0, 0.1) is 0 Å². The first-order valence-electron chi connectivity index (χ1n) is 0.783. The Labute approximate surface area is 74.4 Å². The van der Waals surface area contributed by atoms with Crippen LogP contribution in [0.1, 0.15) is 0 Å². The van der Waals surface area contributed by atoms with Crippen molar-refractivity contribution in [2.45, 2.75) is 0 Å². The van der Waals surface area contributed by atoms with Crippen molar-refractivity contribution in [3.8, 4) is 0 Å². The molecule has 0 atom stereocenters. The Hall–Kier alpha value is 1.16. The van der Waals surface area contributed by atoms with Gasteiger partial charge >= 0.3 is 45.5 Å². The van der Waals surface area contributed by atoms with Crippen LogP contribution in [-0.2, 0) is 4.57 Å². The molecule has 48 valence electrons. The van der Waals surface area contributed by atoms with Gasteiger partial charge in [0.15, 0.2) is 0 Å². The van der Waals surface area contributed by atoms with E-state index in [1.807, 2.05) is 0 Å². The summed E-state index contributed by atoms with van der Waals surface area (Å²) in [5, 5.41) is 0. The summed E-state index contributed by atoms with van der Waals surface area (Å²) >= 11 is 0. The SMILES string of the molecule is O=P(O)(O)O.[F-].[F-].[Li+].[Li+]. The Morgan fingerprint density at radius 3 is 0.889 bits per heavy atom. The second kappa shape index (κ2) is 11.9. The molecule has 9 heteroatoms. The number of halogens is 2. The predicted molar refractivity (Wildman–Crippen MR) is 14.3 cm³/mol. The van der Waals surface area contributed by atoms with Gasteiger partial charge in [0, 0.05) is 0 Å². The second-order valence-corrected chi connectivity index (χ2v) is 1.54. The monoisotopic (exact) mass is 150 g/mol. The maximum Gasteiger partial charge on any atom is 1.00 e. The van der Waals surface area contributed by atoms with Crippen molar-refractivity contribution in [2.75, 3.05) is 0 Å². The Balaban J connectivity index is -0.0000000133. The van der Waals surface area contributed by atoms with E-state index in [4.69, 9.17) is 19.2 Å². The van der Waals surface area contributed by atoms with Crippen molar-refractivity contribution in [1.29, 1.82) is 0 Å².